The van der Waals surface area contributed by atoms with Gasteiger partial charge in [0.25, 0.3) is 0 Å². The molecule has 2 N–H and O–H groups in total. The number of amides is 1. The number of fused-ring (bicyclic) bond motifs is 5. The Labute approximate surface area is 296 Å². The van der Waals surface area contributed by atoms with Crippen molar-refractivity contribution >= 4 is 18.0 Å². The summed E-state index contributed by atoms with van der Waals surface area (Å²) in [7, 11) is 4.04. The topological polar surface area (TPSA) is 68.3 Å². The van der Waals surface area contributed by atoms with Crippen molar-refractivity contribution in [2.75, 3.05) is 46.0 Å². The third kappa shape index (κ3) is 8.56. The van der Waals surface area contributed by atoms with Crippen molar-refractivity contribution in [3.63, 3.8) is 0 Å². The Bertz CT molecular complexity index is 1270. The number of alkyl halides is 4. The van der Waals surface area contributed by atoms with Crippen LogP contribution < -0.4 is 10.2 Å². The monoisotopic (exact) mass is 716 g/mol. The number of nitrogens with zero attached hydrogens (tertiary/aromatic N) is 3. The average molecular weight is 717 g/mol. The zero-order valence-corrected chi connectivity index (χ0v) is 30.4. The number of hydrogen-bond acceptors (Lipinski definition) is 7. The van der Waals surface area contributed by atoms with Gasteiger partial charge in [0.1, 0.15) is 5.75 Å². The van der Waals surface area contributed by atoms with Crippen LogP contribution in [-0.2, 0) is 6.42 Å². The summed E-state index contributed by atoms with van der Waals surface area (Å²) < 4.78 is 56.0. The van der Waals surface area contributed by atoms with Crippen LogP contribution in [0.1, 0.15) is 104 Å². The van der Waals surface area contributed by atoms with E-state index in [0.717, 1.165) is 45.4 Å². The second-order valence-corrected chi connectivity index (χ2v) is 17.3. The highest BCUT2D eigenvalue weighted by Gasteiger charge is 2.55. The molecule has 3 aliphatic carbocycles. The van der Waals surface area contributed by atoms with Gasteiger partial charge in [-0.3, -0.25) is 0 Å². The lowest BCUT2D eigenvalue weighted by Gasteiger charge is -2.58. The lowest BCUT2D eigenvalue weighted by Crippen LogP contribution is -2.72. The van der Waals surface area contributed by atoms with E-state index in [0.29, 0.717) is 34.7 Å². The molecule has 7 nitrogen and oxygen atoms in total. The molecule has 4 fully saturated rings. The first-order valence-corrected chi connectivity index (χ1v) is 18.7. The molecule has 2 aliphatic heterocycles. The zero-order chi connectivity index (χ0) is 35.1. The standard InChI is InChI=1S/C25H35N3O3.C11H21F4NS.CH4/c1-24-10-9-19-18-6-4-17(31-23(29)28-14-25(15-28)12-27(2)13-25)11-16(18)3-5-20(19)21(24)7-8-22(24)26-30;1-5-10(2,3)16(4)17-8-6-7-9(12)11(13,14)15;/h4,6,11,19-22,26,30H,3,5,7-10,12-15H2,1-2H3;9H,5-8H2,1-4H3;1H4. The van der Waals surface area contributed by atoms with Gasteiger partial charge in [-0.05, 0) is 132 Å². The Balaban J connectivity index is 0.000000260. The zero-order valence-electron chi connectivity index (χ0n) is 29.5. The van der Waals surface area contributed by atoms with Gasteiger partial charge >= 0.3 is 12.3 Å². The number of rotatable bonds is 9. The van der Waals surface area contributed by atoms with Crippen LogP contribution in [0.15, 0.2) is 18.2 Å². The number of ether oxygens (including phenoxy) is 1. The minimum absolute atomic E-state index is 0. The number of carbonyl (C=O) groups excluding carboxylic acids is 1. The van der Waals surface area contributed by atoms with E-state index in [1.807, 2.05) is 22.3 Å². The maximum absolute atomic E-state index is 12.6. The SMILES string of the molecule is C.CCC(C)(C)N(C)SCCCC(F)C(F)(F)F.CN1CC2(C1)CN(C(=O)Oc1ccc3c(c1)CCC1C3CCC3(C)C(NO)CCC13)C2. The summed E-state index contributed by atoms with van der Waals surface area (Å²) in [6, 6.07) is 6.60. The van der Waals surface area contributed by atoms with Crippen LogP contribution in [0.3, 0.4) is 0 Å². The van der Waals surface area contributed by atoms with E-state index in [-0.39, 0.29) is 36.9 Å². The third-order valence-corrected chi connectivity index (χ3v) is 13.9. The Morgan fingerprint density at radius 1 is 1.16 bits per heavy atom. The summed E-state index contributed by atoms with van der Waals surface area (Å²) in [6.07, 6.45) is 0.0518. The Kier molecular flexibility index (Phi) is 12.8. The number of benzene rings is 1. The fraction of sp³-hybridized carbons (Fsp3) is 0.811. The lowest BCUT2D eigenvalue weighted by molar-refractivity contribution is -0.181. The highest BCUT2D eigenvalue weighted by molar-refractivity contribution is 7.97. The second-order valence-electron chi connectivity index (χ2n) is 16.1. The Morgan fingerprint density at radius 3 is 2.47 bits per heavy atom. The molecule has 5 aliphatic rings. The molecule has 1 aromatic rings. The molecule has 49 heavy (non-hydrogen) atoms. The van der Waals surface area contributed by atoms with E-state index in [4.69, 9.17) is 4.74 Å². The largest absolute Gasteiger partial charge is 0.419 e. The van der Waals surface area contributed by atoms with Gasteiger partial charge in [-0.2, -0.15) is 13.2 Å². The van der Waals surface area contributed by atoms with Crippen molar-refractivity contribution in [3.05, 3.63) is 29.3 Å². The van der Waals surface area contributed by atoms with Gasteiger partial charge in [-0.1, -0.05) is 39.3 Å². The molecule has 1 spiro atoms. The molecule has 0 bridgehead atoms. The summed E-state index contributed by atoms with van der Waals surface area (Å²) in [4.78, 5) is 16.7. The summed E-state index contributed by atoms with van der Waals surface area (Å²) in [5.74, 6) is 3.20. The lowest BCUT2D eigenvalue weighted by atomic mass is 9.55. The van der Waals surface area contributed by atoms with Crippen molar-refractivity contribution in [3.8, 4) is 5.75 Å². The first-order chi connectivity index (χ1) is 22.5. The molecule has 6 unspecified atom stereocenters. The smallest absolute Gasteiger partial charge is 0.410 e. The van der Waals surface area contributed by atoms with Gasteiger partial charge < -0.3 is 19.7 Å². The van der Waals surface area contributed by atoms with Crippen molar-refractivity contribution in [1.29, 1.82) is 0 Å². The predicted octanol–water partition coefficient (Wildman–Crippen LogP) is 8.71. The fourth-order valence-electron chi connectivity index (χ4n) is 9.22. The Morgan fingerprint density at radius 2 is 1.86 bits per heavy atom. The van der Waals surface area contributed by atoms with Crippen molar-refractivity contribution < 1.29 is 32.3 Å². The summed E-state index contributed by atoms with van der Waals surface area (Å²) in [6.45, 7) is 12.4. The highest BCUT2D eigenvalue weighted by Crippen LogP contribution is 2.61. The molecular weight excluding hydrogens is 656 g/mol. The molecule has 6 atom stereocenters. The molecule has 1 aromatic carbocycles. The van der Waals surface area contributed by atoms with Gasteiger partial charge in [0.15, 0.2) is 6.17 Å². The quantitative estimate of drug-likeness (QED) is 0.115. The van der Waals surface area contributed by atoms with E-state index in [9.17, 15) is 27.6 Å². The summed E-state index contributed by atoms with van der Waals surface area (Å²) in [5.41, 5.74) is 6.01. The van der Waals surface area contributed by atoms with Crippen LogP contribution in [0.5, 0.6) is 5.75 Å². The number of likely N-dealkylation sites (tertiary alicyclic amines) is 2. The summed E-state index contributed by atoms with van der Waals surface area (Å²) in [5, 5.41) is 9.65. The number of halogens is 4. The van der Waals surface area contributed by atoms with Gasteiger partial charge in [0.05, 0.1) is 0 Å². The molecule has 2 heterocycles. The van der Waals surface area contributed by atoms with Gasteiger partial charge in [-0.15, -0.1) is 0 Å². The Hall–Kier alpha value is -1.60. The van der Waals surface area contributed by atoms with Crippen molar-refractivity contribution in [1.82, 2.24) is 19.6 Å². The molecule has 0 aromatic heterocycles. The number of aryl methyl sites for hydroxylation is 1. The minimum Gasteiger partial charge on any atom is -0.410 e. The molecule has 6 rings (SSSR count). The van der Waals surface area contributed by atoms with Crippen LogP contribution in [0.2, 0.25) is 0 Å². The van der Waals surface area contributed by atoms with Crippen molar-refractivity contribution in [2.24, 2.45) is 22.7 Å². The van der Waals surface area contributed by atoms with E-state index in [1.165, 1.54) is 48.8 Å². The first kappa shape index (κ1) is 40.2. The van der Waals surface area contributed by atoms with E-state index in [1.54, 1.807) is 0 Å². The maximum Gasteiger partial charge on any atom is 0.419 e. The third-order valence-electron chi connectivity index (χ3n) is 12.5. The normalized spacial score (nSPS) is 29.3. The first-order valence-electron chi connectivity index (χ1n) is 17.8. The molecule has 12 heteroatoms. The van der Waals surface area contributed by atoms with E-state index in [2.05, 4.69) is 57.3 Å². The van der Waals surface area contributed by atoms with Crippen LogP contribution in [0.4, 0.5) is 22.4 Å². The molecule has 0 radical (unpaired) electrons. The number of hydroxylamine groups is 1. The maximum atomic E-state index is 12.6. The van der Waals surface area contributed by atoms with Gasteiger partial charge in [0, 0.05) is 48.9 Å². The number of carbonyl (C=O) groups is 1. The van der Waals surface area contributed by atoms with Gasteiger partial charge in [-0.25, -0.2) is 19.0 Å². The van der Waals surface area contributed by atoms with Gasteiger partial charge in [0.2, 0.25) is 0 Å². The highest BCUT2D eigenvalue weighted by atomic mass is 32.2. The van der Waals surface area contributed by atoms with Crippen LogP contribution >= 0.6 is 11.9 Å². The average Bonchev–Trinajstić information content (AvgIpc) is 3.35. The number of hydrogen-bond donors (Lipinski definition) is 2. The van der Waals surface area contributed by atoms with E-state index < -0.39 is 18.8 Å². The second kappa shape index (κ2) is 15.6. The number of nitrogens with one attached hydrogen (secondary N) is 1. The van der Waals surface area contributed by atoms with Crippen LogP contribution in [0, 0.1) is 22.7 Å². The van der Waals surface area contributed by atoms with Crippen LogP contribution in [0.25, 0.3) is 0 Å². The molecule has 2 saturated carbocycles. The molecule has 280 valence electrons. The molecular formula is C37H60F4N4O3S. The van der Waals surface area contributed by atoms with Crippen molar-refractivity contribution in [2.45, 2.75) is 123 Å². The fourth-order valence-corrected chi connectivity index (χ4v) is 10.3. The van der Waals surface area contributed by atoms with Crippen LogP contribution in [-0.4, -0.2) is 95.4 Å². The van der Waals surface area contributed by atoms with E-state index >= 15 is 0 Å². The minimum atomic E-state index is -4.71. The molecule has 2 saturated heterocycles. The molecule has 1 amide bonds. The predicted molar refractivity (Wildman–Crippen MR) is 189 cm³/mol. The summed E-state index contributed by atoms with van der Waals surface area (Å²) >= 11 is 1.46.